The van der Waals surface area contributed by atoms with E-state index in [-0.39, 0.29) is 23.6 Å². The topological polar surface area (TPSA) is 64.1 Å². The van der Waals surface area contributed by atoms with Crippen molar-refractivity contribution in [1.82, 2.24) is 9.55 Å². The first-order valence-corrected chi connectivity index (χ1v) is 8.58. The molecule has 5 nitrogen and oxygen atoms in total. The first kappa shape index (κ1) is 17.7. The van der Waals surface area contributed by atoms with Gasteiger partial charge in [-0.3, -0.25) is 14.3 Å². The highest BCUT2D eigenvalue weighted by Crippen LogP contribution is 2.34. The average Bonchev–Trinajstić information content (AvgIpc) is 3.02. The molecule has 0 aromatic carbocycles. The Bertz CT molecular complexity index is 646. The van der Waals surface area contributed by atoms with Gasteiger partial charge in [-0.25, -0.2) is 4.79 Å². The number of rotatable bonds is 7. The van der Waals surface area contributed by atoms with Crippen molar-refractivity contribution in [3.63, 3.8) is 0 Å². The summed E-state index contributed by atoms with van der Waals surface area (Å²) in [7, 11) is 0. The molecule has 1 saturated heterocycles. The minimum absolute atomic E-state index is 0.172. The quantitative estimate of drug-likeness (QED) is 0.785. The highest BCUT2D eigenvalue weighted by Gasteiger charge is 2.32. The molecule has 0 radical (unpaired) electrons. The van der Waals surface area contributed by atoms with Crippen molar-refractivity contribution < 1.29 is 4.74 Å². The molecule has 0 bridgehead atoms. The fourth-order valence-corrected chi connectivity index (χ4v) is 3.15. The first-order chi connectivity index (χ1) is 11.0. The van der Waals surface area contributed by atoms with Gasteiger partial charge in [-0.15, -0.1) is 6.58 Å². The standard InChI is InChI=1S/C18H28N2O3/c1-5-7-8-14-11-20(18(22)19-17(14)21)16-10-9-15(23-16)13(4)12(3)6-2/h5,11-13,15-16H,1,6-10H2,2-4H3,(H,19,21,22)/t12?,13?,15?,16-/m1/s1. The Hall–Kier alpha value is -1.62. The fraction of sp³-hybridized carbons (Fsp3) is 0.667. The second-order valence-electron chi connectivity index (χ2n) is 6.60. The molecule has 5 heteroatoms. The van der Waals surface area contributed by atoms with Gasteiger partial charge < -0.3 is 4.74 Å². The highest BCUT2D eigenvalue weighted by atomic mass is 16.5. The number of ether oxygens (including phenoxy) is 1. The largest absolute Gasteiger partial charge is 0.354 e. The first-order valence-electron chi connectivity index (χ1n) is 8.58. The molecule has 23 heavy (non-hydrogen) atoms. The molecule has 1 aromatic rings. The fourth-order valence-electron chi connectivity index (χ4n) is 3.15. The van der Waals surface area contributed by atoms with Gasteiger partial charge in [0.2, 0.25) is 0 Å². The number of nitrogens with zero attached hydrogens (tertiary/aromatic N) is 1. The summed E-state index contributed by atoms with van der Waals surface area (Å²) in [4.78, 5) is 26.4. The van der Waals surface area contributed by atoms with Crippen molar-refractivity contribution in [2.45, 2.75) is 65.2 Å². The van der Waals surface area contributed by atoms with E-state index in [4.69, 9.17) is 4.74 Å². The third-order valence-corrected chi connectivity index (χ3v) is 5.13. The third kappa shape index (κ3) is 4.02. The van der Waals surface area contributed by atoms with Crippen LogP contribution in [0.5, 0.6) is 0 Å². The lowest BCUT2D eigenvalue weighted by Crippen LogP contribution is -2.34. The summed E-state index contributed by atoms with van der Waals surface area (Å²) in [5.41, 5.74) is -0.0960. The van der Waals surface area contributed by atoms with Crippen molar-refractivity contribution in [3.05, 3.63) is 45.3 Å². The number of aromatic nitrogens is 2. The Morgan fingerprint density at radius 3 is 2.83 bits per heavy atom. The van der Waals surface area contributed by atoms with E-state index >= 15 is 0 Å². The van der Waals surface area contributed by atoms with E-state index in [1.54, 1.807) is 16.8 Å². The van der Waals surface area contributed by atoms with Crippen molar-refractivity contribution in [1.29, 1.82) is 0 Å². The minimum atomic E-state index is -0.390. The molecule has 0 amide bonds. The van der Waals surface area contributed by atoms with Crippen molar-refractivity contribution in [3.8, 4) is 0 Å². The van der Waals surface area contributed by atoms with Crippen LogP contribution in [0.3, 0.4) is 0 Å². The maximum absolute atomic E-state index is 12.1. The molecule has 128 valence electrons. The lowest BCUT2D eigenvalue weighted by Gasteiger charge is -2.25. The molecule has 1 aromatic heterocycles. The molecule has 0 aliphatic carbocycles. The van der Waals surface area contributed by atoms with Gasteiger partial charge in [0.1, 0.15) is 6.23 Å². The van der Waals surface area contributed by atoms with Crippen LogP contribution in [-0.2, 0) is 11.2 Å². The Morgan fingerprint density at radius 1 is 1.43 bits per heavy atom. The second-order valence-corrected chi connectivity index (χ2v) is 6.60. The van der Waals surface area contributed by atoms with E-state index < -0.39 is 0 Å². The van der Waals surface area contributed by atoms with Gasteiger partial charge in [-0.05, 0) is 37.5 Å². The van der Waals surface area contributed by atoms with E-state index in [1.807, 2.05) is 0 Å². The zero-order valence-electron chi connectivity index (χ0n) is 14.4. The van der Waals surface area contributed by atoms with E-state index in [0.717, 1.165) is 19.3 Å². The Balaban J connectivity index is 2.18. The molecule has 3 unspecified atom stereocenters. The van der Waals surface area contributed by atoms with E-state index in [1.165, 1.54) is 0 Å². The summed E-state index contributed by atoms with van der Waals surface area (Å²) in [5, 5.41) is 0. The van der Waals surface area contributed by atoms with Crippen LogP contribution in [0.1, 0.15) is 58.2 Å². The lowest BCUT2D eigenvalue weighted by atomic mass is 9.88. The van der Waals surface area contributed by atoms with Gasteiger partial charge in [-0.2, -0.15) is 0 Å². The number of aryl methyl sites for hydroxylation is 1. The predicted molar refractivity (Wildman–Crippen MR) is 91.6 cm³/mol. The van der Waals surface area contributed by atoms with Gasteiger partial charge in [0, 0.05) is 11.8 Å². The van der Waals surface area contributed by atoms with Crippen LogP contribution in [0.2, 0.25) is 0 Å². The lowest BCUT2D eigenvalue weighted by molar-refractivity contribution is -0.0350. The number of aromatic amines is 1. The summed E-state index contributed by atoms with van der Waals surface area (Å²) in [6, 6.07) is 0. The maximum atomic E-state index is 12.1. The molecule has 1 N–H and O–H groups in total. The van der Waals surface area contributed by atoms with E-state index in [0.29, 0.717) is 30.2 Å². The zero-order valence-corrected chi connectivity index (χ0v) is 14.4. The van der Waals surface area contributed by atoms with Crippen LogP contribution in [0.15, 0.2) is 28.4 Å². The Labute approximate surface area is 137 Å². The SMILES string of the molecule is C=CCCc1cn([C@H]2CCC(C(C)C(C)CC)O2)c(=O)[nH]c1=O. The molecular formula is C18H28N2O3. The maximum Gasteiger partial charge on any atom is 0.330 e. The van der Waals surface area contributed by atoms with Gasteiger partial charge in [0.15, 0.2) is 0 Å². The number of H-pyrrole nitrogens is 1. The van der Waals surface area contributed by atoms with Crippen LogP contribution >= 0.6 is 0 Å². The molecule has 1 fully saturated rings. The molecular weight excluding hydrogens is 292 g/mol. The highest BCUT2D eigenvalue weighted by molar-refractivity contribution is 5.06. The zero-order chi connectivity index (χ0) is 17.0. The summed E-state index contributed by atoms with van der Waals surface area (Å²) in [5.74, 6) is 1.05. The summed E-state index contributed by atoms with van der Waals surface area (Å²) in [6.07, 6.45) is 7.48. The number of allylic oxidation sites excluding steroid dienone is 1. The van der Waals surface area contributed by atoms with Gasteiger partial charge >= 0.3 is 5.69 Å². The number of hydrogen-bond acceptors (Lipinski definition) is 3. The van der Waals surface area contributed by atoms with Crippen molar-refractivity contribution in [2.24, 2.45) is 11.8 Å². The van der Waals surface area contributed by atoms with E-state index in [2.05, 4.69) is 32.3 Å². The number of nitrogens with one attached hydrogen (secondary N) is 1. The third-order valence-electron chi connectivity index (χ3n) is 5.13. The van der Waals surface area contributed by atoms with Crippen molar-refractivity contribution >= 4 is 0 Å². The molecule has 0 spiro atoms. The molecule has 2 rings (SSSR count). The van der Waals surface area contributed by atoms with Crippen molar-refractivity contribution in [2.75, 3.05) is 0 Å². The second kappa shape index (κ2) is 7.77. The van der Waals surface area contributed by atoms with Gasteiger partial charge in [0.05, 0.1) is 6.10 Å². The molecule has 1 aliphatic heterocycles. The van der Waals surface area contributed by atoms with Crippen LogP contribution in [0, 0.1) is 11.8 Å². The Kier molecular flexibility index (Phi) is 5.99. The van der Waals surface area contributed by atoms with Crippen LogP contribution in [0.25, 0.3) is 0 Å². The molecule has 4 atom stereocenters. The summed E-state index contributed by atoms with van der Waals surface area (Å²) >= 11 is 0. The smallest absolute Gasteiger partial charge is 0.330 e. The Morgan fingerprint density at radius 2 is 2.17 bits per heavy atom. The molecule has 1 aliphatic rings. The predicted octanol–water partition coefficient (Wildman–Crippen LogP) is 3.02. The number of hydrogen-bond donors (Lipinski definition) is 1. The normalized spacial score (nSPS) is 23.6. The van der Waals surface area contributed by atoms with Gasteiger partial charge in [-0.1, -0.05) is 33.3 Å². The summed E-state index contributed by atoms with van der Waals surface area (Å²) < 4.78 is 7.68. The average molecular weight is 320 g/mol. The van der Waals surface area contributed by atoms with Gasteiger partial charge in [0.25, 0.3) is 5.56 Å². The minimum Gasteiger partial charge on any atom is -0.354 e. The van der Waals surface area contributed by atoms with Crippen LogP contribution in [-0.4, -0.2) is 15.7 Å². The monoisotopic (exact) mass is 320 g/mol. The van der Waals surface area contributed by atoms with Crippen LogP contribution in [0.4, 0.5) is 0 Å². The summed E-state index contributed by atoms with van der Waals surface area (Å²) in [6.45, 7) is 10.3. The van der Waals surface area contributed by atoms with E-state index in [9.17, 15) is 9.59 Å². The molecule has 0 saturated carbocycles. The van der Waals surface area contributed by atoms with Crippen LogP contribution < -0.4 is 11.2 Å². The molecule has 2 heterocycles.